The third kappa shape index (κ3) is 4.10. The summed E-state index contributed by atoms with van der Waals surface area (Å²) in [5, 5.41) is 12.7. The maximum Gasteiger partial charge on any atom is 0.274 e. The van der Waals surface area contributed by atoms with Gasteiger partial charge in [-0.05, 0) is 48.1 Å². The third-order valence-electron chi connectivity index (χ3n) is 5.46. The first-order valence-corrected chi connectivity index (χ1v) is 10.9. The van der Waals surface area contributed by atoms with Crippen LogP contribution in [-0.2, 0) is 30.7 Å². The van der Waals surface area contributed by atoms with Gasteiger partial charge >= 0.3 is 0 Å². The van der Waals surface area contributed by atoms with E-state index in [4.69, 9.17) is 9.84 Å². The average molecular weight is 389 g/mol. The van der Waals surface area contributed by atoms with E-state index in [9.17, 15) is 4.79 Å². The average Bonchev–Trinajstić information content (AvgIpc) is 3.35. The van der Waals surface area contributed by atoms with Crippen molar-refractivity contribution in [2.45, 2.75) is 51.7 Å². The Hall–Kier alpha value is -1.70. The molecule has 1 atom stereocenters. The van der Waals surface area contributed by atoms with Gasteiger partial charge < -0.3 is 15.0 Å². The summed E-state index contributed by atoms with van der Waals surface area (Å²) in [6.45, 7) is 6.49. The van der Waals surface area contributed by atoms with Crippen LogP contribution < -0.4 is 5.32 Å². The Bertz CT molecular complexity index is 765. The Morgan fingerprint density at radius 1 is 1.41 bits per heavy atom. The summed E-state index contributed by atoms with van der Waals surface area (Å²) in [7, 11) is 0. The molecule has 2 aliphatic rings. The molecule has 1 amide bonds. The number of hydrogen-bond donors (Lipinski definition) is 1. The summed E-state index contributed by atoms with van der Waals surface area (Å²) < 4.78 is 7.48. The molecule has 0 aromatic carbocycles. The maximum atomic E-state index is 13.1. The van der Waals surface area contributed by atoms with Crippen LogP contribution in [-0.4, -0.2) is 52.9 Å². The van der Waals surface area contributed by atoms with E-state index in [1.165, 1.54) is 11.3 Å². The van der Waals surface area contributed by atoms with Crippen molar-refractivity contribution in [2.75, 3.05) is 26.3 Å². The fourth-order valence-corrected chi connectivity index (χ4v) is 4.67. The molecule has 1 aliphatic carbocycles. The van der Waals surface area contributed by atoms with Crippen LogP contribution in [0.3, 0.4) is 0 Å². The van der Waals surface area contributed by atoms with Crippen molar-refractivity contribution in [3.05, 3.63) is 39.3 Å². The predicted octanol–water partition coefficient (Wildman–Crippen LogP) is 2.47. The number of carbonyl (C=O) groups is 1. The van der Waals surface area contributed by atoms with Crippen LogP contribution in [0.25, 0.3) is 0 Å². The number of aromatic nitrogens is 2. The zero-order valence-electron chi connectivity index (χ0n) is 15.9. The van der Waals surface area contributed by atoms with Gasteiger partial charge in [0, 0.05) is 43.5 Å². The number of morpholine rings is 1. The second-order valence-electron chi connectivity index (χ2n) is 7.35. The summed E-state index contributed by atoms with van der Waals surface area (Å²) >= 11 is 1.73. The topological polar surface area (TPSA) is 59.4 Å². The van der Waals surface area contributed by atoms with Crippen molar-refractivity contribution in [1.82, 2.24) is 20.0 Å². The van der Waals surface area contributed by atoms with Gasteiger partial charge in [0.1, 0.15) is 0 Å². The van der Waals surface area contributed by atoms with E-state index in [0.717, 1.165) is 44.3 Å². The molecule has 1 N–H and O–H groups in total. The third-order valence-corrected chi connectivity index (χ3v) is 6.19. The fourth-order valence-electron chi connectivity index (χ4n) is 4.00. The quantitative estimate of drug-likeness (QED) is 0.826. The SMILES string of the molecule is CCCn1nc(C(=O)N2CCOCC2)c2c1CCC(NCc1ccsc1)C2. The second-order valence-corrected chi connectivity index (χ2v) is 8.13. The molecule has 27 heavy (non-hydrogen) atoms. The van der Waals surface area contributed by atoms with Crippen molar-refractivity contribution in [3.8, 4) is 0 Å². The molecule has 7 heteroatoms. The molecular formula is C20H28N4O2S. The highest BCUT2D eigenvalue weighted by Gasteiger charge is 2.31. The van der Waals surface area contributed by atoms with E-state index in [1.54, 1.807) is 11.3 Å². The molecule has 146 valence electrons. The second kappa shape index (κ2) is 8.54. The molecule has 2 aromatic rings. The first-order chi connectivity index (χ1) is 13.3. The van der Waals surface area contributed by atoms with Gasteiger partial charge in [0.25, 0.3) is 5.91 Å². The van der Waals surface area contributed by atoms with Crippen molar-refractivity contribution < 1.29 is 9.53 Å². The van der Waals surface area contributed by atoms with Crippen LogP contribution in [0.15, 0.2) is 16.8 Å². The largest absolute Gasteiger partial charge is 0.378 e. The lowest BCUT2D eigenvalue weighted by atomic mass is 9.91. The number of amides is 1. The summed E-state index contributed by atoms with van der Waals surface area (Å²) in [5.41, 5.74) is 4.43. The van der Waals surface area contributed by atoms with E-state index in [-0.39, 0.29) is 5.91 Å². The van der Waals surface area contributed by atoms with Crippen LogP contribution in [0.5, 0.6) is 0 Å². The lowest BCUT2D eigenvalue weighted by Gasteiger charge is -2.28. The van der Waals surface area contributed by atoms with Crippen molar-refractivity contribution in [1.29, 1.82) is 0 Å². The standard InChI is InChI=1S/C20H28N4O2S/c1-2-6-24-18-4-3-16(21-13-15-5-11-27-14-15)12-17(18)19(22-24)20(25)23-7-9-26-10-8-23/h5,11,14,16,21H,2-4,6-10,12-13H2,1H3. The molecule has 0 bridgehead atoms. The number of fused-ring (bicyclic) bond motifs is 1. The van der Waals surface area contributed by atoms with Crippen LogP contribution in [0.2, 0.25) is 0 Å². The van der Waals surface area contributed by atoms with E-state index in [0.29, 0.717) is 38.0 Å². The summed E-state index contributed by atoms with van der Waals surface area (Å²) in [6, 6.07) is 2.56. The predicted molar refractivity (Wildman–Crippen MR) is 106 cm³/mol. The van der Waals surface area contributed by atoms with Gasteiger partial charge in [-0.1, -0.05) is 6.92 Å². The zero-order valence-corrected chi connectivity index (χ0v) is 16.8. The maximum absolute atomic E-state index is 13.1. The number of nitrogens with one attached hydrogen (secondary N) is 1. The van der Waals surface area contributed by atoms with Gasteiger partial charge in [-0.2, -0.15) is 16.4 Å². The Morgan fingerprint density at radius 3 is 3.00 bits per heavy atom. The van der Waals surface area contributed by atoms with E-state index >= 15 is 0 Å². The van der Waals surface area contributed by atoms with Gasteiger partial charge in [-0.25, -0.2) is 0 Å². The van der Waals surface area contributed by atoms with E-state index in [2.05, 4.69) is 33.7 Å². The highest BCUT2D eigenvalue weighted by Crippen LogP contribution is 2.27. The molecule has 1 unspecified atom stereocenters. The van der Waals surface area contributed by atoms with Gasteiger partial charge in [-0.3, -0.25) is 9.48 Å². The minimum Gasteiger partial charge on any atom is -0.378 e. The molecule has 0 saturated carbocycles. The minimum absolute atomic E-state index is 0.0721. The summed E-state index contributed by atoms with van der Waals surface area (Å²) in [5.74, 6) is 0.0721. The number of ether oxygens (including phenoxy) is 1. The Morgan fingerprint density at radius 2 is 2.26 bits per heavy atom. The molecule has 2 aromatic heterocycles. The lowest BCUT2D eigenvalue weighted by molar-refractivity contribution is 0.0297. The molecule has 1 saturated heterocycles. The molecule has 0 spiro atoms. The van der Waals surface area contributed by atoms with Crippen LogP contribution in [0.1, 0.15) is 47.1 Å². The minimum atomic E-state index is 0.0721. The molecule has 1 fully saturated rings. The zero-order chi connectivity index (χ0) is 18.6. The van der Waals surface area contributed by atoms with Crippen LogP contribution >= 0.6 is 11.3 Å². The normalized spacial score (nSPS) is 19.9. The van der Waals surface area contributed by atoms with Crippen molar-refractivity contribution in [3.63, 3.8) is 0 Å². The van der Waals surface area contributed by atoms with E-state index < -0.39 is 0 Å². The molecule has 3 heterocycles. The van der Waals surface area contributed by atoms with Gasteiger partial charge in [0.15, 0.2) is 5.69 Å². The number of thiophene rings is 1. The van der Waals surface area contributed by atoms with Crippen molar-refractivity contribution >= 4 is 17.2 Å². The Balaban J connectivity index is 1.53. The number of aryl methyl sites for hydroxylation is 1. The Kier molecular flexibility index (Phi) is 5.90. The summed E-state index contributed by atoms with van der Waals surface area (Å²) in [4.78, 5) is 15.0. The smallest absolute Gasteiger partial charge is 0.274 e. The van der Waals surface area contributed by atoms with Crippen LogP contribution in [0, 0.1) is 0 Å². The number of hydrogen-bond acceptors (Lipinski definition) is 5. The van der Waals surface area contributed by atoms with Crippen molar-refractivity contribution in [2.24, 2.45) is 0 Å². The first-order valence-electron chi connectivity index (χ1n) is 9.96. The molecule has 4 rings (SSSR count). The molecule has 1 aliphatic heterocycles. The highest BCUT2D eigenvalue weighted by atomic mass is 32.1. The van der Waals surface area contributed by atoms with Gasteiger partial charge in [0.2, 0.25) is 0 Å². The summed E-state index contributed by atoms with van der Waals surface area (Å²) in [6.07, 6.45) is 3.99. The number of carbonyl (C=O) groups excluding carboxylic acids is 1. The van der Waals surface area contributed by atoms with Crippen LogP contribution in [0.4, 0.5) is 0 Å². The molecular weight excluding hydrogens is 360 g/mol. The van der Waals surface area contributed by atoms with E-state index in [1.807, 2.05) is 4.90 Å². The molecule has 6 nitrogen and oxygen atoms in total. The monoisotopic (exact) mass is 388 g/mol. The first kappa shape index (κ1) is 18.7. The van der Waals surface area contributed by atoms with Gasteiger partial charge in [0.05, 0.1) is 13.2 Å². The number of nitrogens with zero attached hydrogens (tertiary/aromatic N) is 3. The molecule has 0 radical (unpaired) electrons. The lowest BCUT2D eigenvalue weighted by Crippen LogP contribution is -2.41. The van der Waals surface area contributed by atoms with Gasteiger partial charge in [-0.15, -0.1) is 0 Å². The number of rotatable bonds is 6. The Labute approximate surface area is 164 Å². The highest BCUT2D eigenvalue weighted by molar-refractivity contribution is 7.07. The fraction of sp³-hybridized carbons (Fsp3) is 0.600.